The third kappa shape index (κ3) is 4.23. The Kier molecular flexibility index (Phi) is 6.37. The highest BCUT2D eigenvalue weighted by Gasteiger charge is 2.24. The Morgan fingerprint density at radius 1 is 0.575 bits per heavy atom. The monoisotopic (exact) mass is 528 g/mol. The van der Waals surface area contributed by atoms with Crippen LogP contribution in [-0.4, -0.2) is 9.13 Å². The molecule has 6 rings (SSSR count). The summed E-state index contributed by atoms with van der Waals surface area (Å²) in [4.78, 5) is 0. The Morgan fingerprint density at radius 2 is 1.12 bits per heavy atom. The topological polar surface area (TPSA) is 17.6 Å². The smallest absolute Gasteiger partial charge is 0.232 e. The summed E-state index contributed by atoms with van der Waals surface area (Å²) in [5, 5.41) is 0. The molecule has 0 aliphatic heterocycles. The summed E-state index contributed by atoms with van der Waals surface area (Å²) < 4.78 is 9.13. The fourth-order valence-electron chi connectivity index (χ4n) is 6.14. The van der Waals surface area contributed by atoms with Crippen molar-refractivity contribution in [3.8, 4) is 22.5 Å². The molecule has 4 nitrogen and oxygen atoms in total. The fourth-order valence-corrected chi connectivity index (χ4v) is 6.14. The molecule has 0 aliphatic rings. The average molecular weight is 529 g/mol. The second kappa shape index (κ2) is 9.78. The van der Waals surface area contributed by atoms with Crippen molar-refractivity contribution in [2.75, 3.05) is 0 Å². The molecule has 4 heteroatoms. The number of aryl methyl sites for hydroxylation is 4. The number of hydrogen-bond donors (Lipinski definition) is 0. The summed E-state index contributed by atoms with van der Waals surface area (Å²) in [5.74, 6) is 0.837. The van der Waals surface area contributed by atoms with Gasteiger partial charge in [-0.25, -0.2) is 9.13 Å². The molecule has 202 valence electrons. The lowest BCUT2D eigenvalue weighted by molar-refractivity contribution is -0.645. The fraction of sp³-hybridized carbons (Fsp3) is 0.278. The summed E-state index contributed by atoms with van der Waals surface area (Å²) in [6, 6.07) is 27.2. The molecular weight excluding hydrogens is 488 g/mol. The van der Waals surface area contributed by atoms with Crippen LogP contribution in [0.2, 0.25) is 0 Å². The van der Waals surface area contributed by atoms with Gasteiger partial charge < -0.3 is 0 Å². The van der Waals surface area contributed by atoms with E-state index in [9.17, 15) is 0 Å². The maximum Gasteiger partial charge on any atom is 0.249 e. The first kappa shape index (κ1) is 26.1. The van der Waals surface area contributed by atoms with Gasteiger partial charge in [0.1, 0.15) is 11.4 Å². The zero-order valence-corrected chi connectivity index (χ0v) is 25.0. The van der Waals surface area contributed by atoms with E-state index in [-0.39, 0.29) is 0 Å². The molecule has 0 N–H and O–H groups in total. The van der Waals surface area contributed by atoms with Gasteiger partial charge in [0.05, 0.1) is 14.1 Å². The molecular formula is C36H40N4+2. The molecule has 2 aromatic heterocycles. The van der Waals surface area contributed by atoms with Crippen molar-refractivity contribution >= 4 is 22.1 Å². The Hall–Kier alpha value is -4.18. The SMILES string of the molecule is Cc1cc2c(cc1C)[n+](C)cn2-c1cc(-c2c(C(C)C)cccc2C(C)C)cc(-n2c[n+](C)c3ccccc32)c1. The number of imidazole rings is 2. The van der Waals surface area contributed by atoms with E-state index in [2.05, 4.69) is 159 Å². The lowest BCUT2D eigenvalue weighted by Crippen LogP contribution is -2.25. The third-order valence-electron chi connectivity index (χ3n) is 8.45. The van der Waals surface area contributed by atoms with Crippen molar-refractivity contribution in [2.45, 2.75) is 53.4 Å². The summed E-state index contributed by atoms with van der Waals surface area (Å²) in [6.07, 6.45) is 4.42. The number of fused-ring (bicyclic) bond motifs is 2. The lowest BCUT2D eigenvalue weighted by Gasteiger charge is -2.20. The molecule has 0 amide bonds. The van der Waals surface area contributed by atoms with E-state index in [1.165, 1.54) is 55.4 Å². The van der Waals surface area contributed by atoms with Gasteiger partial charge in [0.15, 0.2) is 22.1 Å². The van der Waals surface area contributed by atoms with E-state index in [0.29, 0.717) is 11.8 Å². The van der Waals surface area contributed by atoms with Gasteiger partial charge in [-0.1, -0.05) is 58.0 Å². The van der Waals surface area contributed by atoms with Gasteiger partial charge in [-0.15, -0.1) is 0 Å². The molecule has 0 spiro atoms. The van der Waals surface area contributed by atoms with E-state index in [1.54, 1.807) is 0 Å². The van der Waals surface area contributed by atoms with E-state index in [1.807, 2.05) is 0 Å². The van der Waals surface area contributed by atoms with Crippen molar-refractivity contribution in [1.82, 2.24) is 9.13 Å². The van der Waals surface area contributed by atoms with Gasteiger partial charge in [-0.05, 0) is 95.5 Å². The number of hydrogen-bond acceptors (Lipinski definition) is 0. The first-order valence-corrected chi connectivity index (χ1v) is 14.4. The van der Waals surface area contributed by atoms with E-state index >= 15 is 0 Å². The summed E-state index contributed by atoms with van der Waals surface area (Å²) >= 11 is 0. The number of rotatable bonds is 5. The van der Waals surface area contributed by atoms with E-state index in [0.717, 1.165) is 11.4 Å². The number of para-hydroxylation sites is 2. The molecule has 6 aromatic rings. The number of nitrogens with zero attached hydrogens (tertiary/aromatic N) is 4. The third-order valence-corrected chi connectivity index (χ3v) is 8.45. The summed E-state index contributed by atoms with van der Waals surface area (Å²) in [7, 11) is 4.27. The lowest BCUT2D eigenvalue weighted by atomic mass is 9.85. The Bertz CT molecular complexity index is 1870. The zero-order valence-electron chi connectivity index (χ0n) is 25.0. The molecule has 0 aliphatic carbocycles. The van der Waals surface area contributed by atoms with Crippen LogP contribution in [-0.2, 0) is 14.1 Å². The Morgan fingerprint density at radius 3 is 1.75 bits per heavy atom. The first-order chi connectivity index (χ1) is 19.1. The Labute approximate surface area is 237 Å². The van der Waals surface area contributed by atoms with Gasteiger partial charge in [-0.3, -0.25) is 0 Å². The predicted molar refractivity (Wildman–Crippen MR) is 166 cm³/mol. The van der Waals surface area contributed by atoms with Crippen molar-refractivity contribution in [3.05, 3.63) is 108 Å². The van der Waals surface area contributed by atoms with E-state index < -0.39 is 0 Å². The number of aromatic nitrogens is 4. The van der Waals surface area contributed by atoms with Gasteiger partial charge in [0.25, 0.3) is 0 Å². The maximum atomic E-state index is 2.39. The molecule has 0 saturated heterocycles. The summed E-state index contributed by atoms with van der Waals surface area (Å²) in [6.45, 7) is 13.6. The highest BCUT2D eigenvalue weighted by atomic mass is 15.1. The van der Waals surface area contributed by atoms with E-state index in [4.69, 9.17) is 0 Å². The van der Waals surface area contributed by atoms with Crippen molar-refractivity contribution < 1.29 is 9.13 Å². The van der Waals surface area contributed by atoms with Crippen LogP contribution in [0.15, 0.2) is 85.5 Å². The van der Waals surface area contributed by atoms with Crippen molar-refractivity contribution in [2.24, 2.45) is 14.1 Å². The molecule has 4 aromatic carbocycles. The van der Waals surface area contributed by atoms with Gasteiger partial charge in [-0.2, -0.15) is 9.13 Å². The van der Waals surface area contributed by atoms with Crippen molar-refractivity contribution in [3.63, 3.8) is 0 Å². The van der Waals surface area contributed by atoms with Crippen molar-refractivity contribution in [1.29, 1.82) is 0 Å². The van der Waals surface area contributed by atoms with Crippen LogP contribution in [0.3, 0.4) is 0 Å². The highest BCUT2D eigenvalue weighted by molar-refractivity contribution is 5.81. The van der Waals surface area contributed by atoms with Crippen LogP contribution >= 0.6 is 0 Å². The van der Waals surface area contributed by atoms with Crippen LogP contribution in [0.1, 0.15) is 61.8 Å². The van der Waals surface area contributed by atoms with Gasteiger partial charge in [0.2, 0.25) is 12.7 Å². The molecule has 0 unspecified atom stereocenters. The largest absolute Gasteiger partial charge is 0.249 e. The molecule has 0 fully saturated rings. The molecule has 0 atom stereocenters. The quantitative estimate of drug-likeness (QED) is 0.204. The minimum absolute atomic E-state index is 0.418. The highest BCUT2D eigenvalue weighted by Crippen LogP contribution is 2.38. The second-order valence-electron chi connectivity index (χ2n) is 12.0. The Balaban J connectivity index is 1.71. The summed E-state index contributed by atoms with van der Waals surface area (Å²) in [5.41, 5.74) is 15.2. The standard InChI is InChI=1S/C36H40N4/c1-23(2)30-12-11-13-31(24(3)4)36(30)27-18-28(39-21-37(7)32-14-9-10-15-33(32)39)20-29(19-27)40-22-38(8)34-16-25(5)26(6)17-35(34)40/h9-24H,1-8H3/q+2. The van der Waals surface area contributed by atoms with Crippen LogP contribution in [0.4, 0.5) is 0 Å². The normalized spacial score (nSPS) is 11.9. The van der Waals surface area contributed by atoms with Crippen LogP contribution in [0, 0.1) is 13.8 Å². The molecule has 40 heavy (non-hydrogen) atoms. The minimum Gasteiger partial charge on any atom is -0.232 e. The van der Waals surface area contributed by atoms with Gasteiger partial charge in [0, 0.05) is 6.07 Å². The number of benzene rings is 4. The maximum absolute atomic E-state index is 2.39. The molecule has 0 radical (unpaired) electrons. The zero-order chi connectivity index (χ0) is 28.3. The minimum atomic E-state index is 0.418. The average Bonchev–Trinajstić information content (AvgIpc) is 3.44. The predicted octanol–water partition coefficient (Wildman–Crippen LogP) is 7.75. The van der Waals surface area contributed by atoms with Gasteiger partial charge >= 0.3 is 0 Å². The van der Waals surface area contributed by atoms with Crippen LogP contribution in [0.25, 0.3) is 44.6 Å². The molecule has 2 heterocycles. The van der Waals surface area contributed by atoms with Crippen LogP contribution in [0.5, 0.6) is 0 Å². The van der Waals surface area contributed by atoms with Crippen LogP contribution < -0.4 is 9.13 Å². The second-order valence-corrected chi connectivity index (χ2v) is 12.0. The molecule has 0 saturated carbocycles. The first-order valence-electron chi connectivity index (χ1n) is 14.4. The molecule has 0 bridgehead atoms.